The average molecular weight is 335 g/mol. The van der Waals surface area contributed by atoms with Crippen molar-refractivity contribution in [3.05, 3.63) is 31.0 Å². The SMILES string of the molecule is Fc1c(Cl)cc(I)cc1Br. The van der Waals surface area contributed by atoms with Crippen LogP contribution in [-0.2, 0) is 0 Å². The molecule has 0 radical (unpaired) electrons. The second-order valence-electron chi connectivity index (χ2n) is 1.68. The summed E-state index contributed by atoms with van der Waals surface area (Å²) in [4.78, 5) is 0. The van der Waals surface area contributed by atoms with Gasteiger partial charge in [-0.05, 0) is 50.7 Å². The highest BCUT2D eigenvalue weighted by Gasteiger charge is 2.04. The Morgan fingerprint density at radius 2 is 2.10 bits per heavy atom. The van der Waals surface area contributed by atoms with Gasteiger partial charge < -0.3 is 0 Å². The van der Waals surface area contributed by atoms with Crippen molar-refractivity contribution in [1.29, 1.82) is 0 Å². The Bertz CT molecular complexity index is 241. The van der Waals surface area contributed by atoms with Crippen LogP contribution in [0.2, 0.25) is 5.02 Å². The van der Waals surface area contributed by atoms with Gasteiger partial charge in [0.1, 0.15) is 0 Å². The first-order valence-electron chi connectivity index (χ1n) is 2.41. The van der Waals surface area contributed by atoms with E-state index < -0.39 is 5.82 Å². The molecule has 0 heterocycles. The molecule has 0 aliphatic carbocycles. The molecule has 1 aromatic rings. The molecule has 1 rings (SSSR count). The minimum absolute atomic E-state index is 0.152. The zero-order chi connectivity index (χ0) is 7.72. The van der Waals surface area contributed by atoms with Gasteiger partial charge in [-0.15, -0.1) is 0 Å². The molecule has 0 bridgehead atoms. The van der Waals surface area contributed by atoms with Gasteiger partial charge in [0.15, 0.2) is 5.82 Å². The predicted molar refractivity (Wildman–Crippen MR) is 51.8 cm³/mol. The number of hydrogen-bond donors (Lipinski definition) is 0. The van der Waals surface area contributed by atoms with Crippen LogP contribution in [0.4, 0.5) is 4.39 Å². The smallest absolute Gasteiger partial charge is 0.156 e. The maximum absolute atomic E-state index is 12.7. The molecule has 0 saturated heterocycles. The molecule has 4 heteroatoms. The molecule has 0 N–H and O–H groups in total. The van der Waals surface area contributed by atoms with Gasteiger partial charge in [0.25, 0.3) is 0 Å². The van der Waals surface area contributed by atoms with Gasteiger partial charge >= 0.3 is 0 Å². The zero-order valence-corrected chi connectivity index (χ0v) is 9.17. The fourth-order valence-electron chi connectivity index (χ4n) is 0.525. The number of halogens is 4. The third kappa shape index (κ3) is 1.83. The summed E-state index contributed by atoms with van der Waals surface area (Å²) in [6, 6.07) is 3.24. The summed E-state index contributed by atoms with van der Waals surface area (Å²) < 4.78 is 14.0. The maximum atomic E-state index is 12.7. The first kappa shape index (κ1) is 8.74. The summed E-state index contributed by atoms with van der Waals surface area (Å²) in [6.07, 6.45) is 0. The van der Waals surface area contributed by atoms with Gasteiger partial charge in [0.2, 0.25) is 0 Å². The van der Waals surface area contributed by atoms with E-state index in [0.717, 1.165) is 3.57 Å². The van der Waals surface area contributed by atoms with Gasteiger partial charge in [-0.3, -0.25) is 0 Å². The van der Waals surface area contributed by atoms with Crippen molar-refractivity contribution in [2.45, 2.75) is 0 Å². The Hall–Kier alpha value is 0.650. The van der Waals surface area contributed by atoms with Crippen LogP contribution in [0, 0.1) is 9.39 Å². The Morgan fingerprint density at radius 1 is 1.50 bits per heavy atom. The monoisotopic (exact) mass is 334 g/mol. The minimum Gasteiger partial charge on any atom is -0.204 e. The van der Waals surface area contributed by atoms with Crippen LogP contribution in [0.1, 0.15) is 0 Å². The largest absolute Gasteiger partial charge is 0.204 e. The number of hydrogen-bond acceptors (Lipinski definition) is 0. The van der Waals surface area contributed by atoms with Crippen LogP contribution in [0.15, 0.2) is 16.6 Å². The molecule has 54 valence electrons. The molecule has 0 atom stereocenters. The van der Waals surface area contributed by atoms with Gasteiger partial charge in [-0.2, -0.15) is 0 Å². The van der Waals surface area contributed by atoms with E-state index in [9.17, 15) is 4.39 Å². The van der Waals surface area contributed by atoms with Gasteiger partial charge in [0, 0.05) is 3.57 Å². The van der Waals surface area contributed by atoms with E-state index in [1.165, 1.54) is 0 Å². The summed E-state index contributed by atoms with van der Waals surface area (Å²) in [5.41, 5.74) is 0. The van der Waals surface area contributed by atoms with E-state index in [2.05, 4.69) is 38.5 Å². The second kappa shape index (κ2) is 3.36. The molecule has 0 fully saturated rings. The van der Waals surface area contributed by atoms with E-state index in [-0.39, 0.29) is 5.02 Å². The van der Waals surface area contributed by atoms with Crippen molar-refractivity contribution in [1.82, 2.24) is 0 Å². The van der Waals surface area contributed by atoms with Crippen LogP contribution >= 0.6 is 50.1 Å². The topological polar surface area (TPSA) is 0 Å². The summed E-state index contributed by atoms with van der Waals surface area (Å²) in [6.45, 7) is 0. The van der Waals surface area contributed by atoms with E-state index >= 15 is 0 Å². The quantitative estimate of drug-likeness (QED) is 0.384. The molecule has 1 aromatic carbocycles. The van der Waals surface area contributed by atoms with Crippen molar-refractivity contribution in [3.8, 4) is 0 Å². The highest BCUT2D eigenvalue weighted by Crippen LogP contribution is 2.25. The van der Waals surface area contributed by atoms with Crippen LogP contribution in [0.5, 0.6) is 0 Å². The van der Waals surface area contributed by atoms with Crippen LogP contribution in [-0.4, -0.2) is 0 Å². The van der Waals surface area contributed by atoms with Crippen LogP contribution in [0.25, 0.3) is 0 Å². The summed E-state index contributed by atoms with van der Waals surface area (Å²) >= 11 is 10.6. The molecule has 10 heavy (non-hydrogen) atoms. The fraction of sp³-hybridized carbons (Fsp3) is 0. The Balaban J connectivity index is 3.31. The normalized spacial score (nSPS) is 10.0. The molecule has 0 aliphatic rings. The maximum Gasteiger partial charge on any atom is 0.156 e. The molecule has 0 aromatic heterocycles. The molecular weight excluding hydrogens is 333 g/mol. The van der Waals surface area contributed by atoms with Gasteiger partial charge in [0.05, 0.1) is 9.50 Å². The summed E-state index contributed by atoms with van der Waals surface area (Å²) in [7, 11) is 0. The van der Waals surface area contributed by atoms with Crippen molar-refractivity contribution < 1.29 is 4.39 Å². The first-order valence-corrected chi connectivity index (χ1v) is 4.66. The van der Waals surface area contributed by atoms with Crippen molar-refractivity contribution in [2.24, 2.45) is 0 Å². The van der Waals surface area contributed by atoms with Crippen molar-refractivity contribution in [3.63, 3.8) is 0 Å². The van der Waals surface area contributed by atoms with E-state index in [1.807, 2.05) is 0 Å². The molecule has 0 saturated carbocycles. The summed E-state index contributed by atoms with van der Waals surface area (Å²) in [5, 5.41) is 0.152. The van der Waals surface area contributed by atoms with Crippen LogP contribution in [0.3, 0.4) is 0 Å². The van der Waals surface area contributed by atoms with E-state index in [1.54, 1.807) is 12.1 Å². The average Bonchev–Trinajstić information content (AvgIpc) is 1.82. The van der Waals surface area contributed by atoms with E-state index in [0.29, 0.717) is 4.47 Å². The Kier molecular flexibility index (Phi) is 2.94. The van der Waals surface area contributed by atoms with Gasteiger partial charge in [-0.1, -0.05) is 11.6 Å². The van der Waals surface area contributed by atoms with Crippen molar-refractivity contribution in [2.75, 3.05) is 0 Å². The molecule has 0 aliphatic heterocycles. The fourth-order valence-corrected chi connectivity index (χ4v) is 2.55. The summed E-state index contributed by atoms with van der Waals surface area (Å²) in [5.74, 6) is -0.401. The van der Waals surface area contributed by atoms with Gasteiger partial charge in [-0.25, -0.2) is 4.39 Å². The van der Waals surface area contributed by atoms with E-state index in [4.69, 9.17) is 11.6 Å². The lowest BCUT2D eigenvalue weighted by Gasteiger charge is -1.97. The molecule has 0 nitrogen and oxygen atoms in total. The number of benzene rings is 1. The highest BCUT2D eigenvalue weighted by atomic mass is 127. The lowest BCUT2D eigenvalue weighted by atomic mass is 10.3. The highest BCUT2D eigenvalue weighted by molar-refractivity contribution is 14.1. The van der Waals surface area contributed by atoms with Crippen molar-refractivity contribution >= 4 is 50.1 Å². The Labute approximate surface area is 85.0 Å². The standard InChI is InChI=1S/C6H2BrClFI/c7-4-1-3(10)2-5(8)6(4)9/h1-2H. The minimum atomic E-state index is -0.401. The molecule has 0 amide bonds. The second-order valence-corrected chi connectivity index (χ2v) is 4.19. The third-order valence-electron chi connectivity index (χ3n) is 0.949. The molecular formula is C6H2BrClFI. The number of rotatable bonds is 0. The Morgan fingerprint density at radius 3 is 2.60 bits per heavy atom. The third-order valence-corrected chi connectivity index (χ3v) is 2.42. The first-order chi connectivity index (χ1) is 4.61. The molecule has 0 unspecified atom stereocenters. The predicted octanol–water partition coefficient (Wildman–Crippen LogP) is 3.85. The zero-order valence-electron chi connectivity index (χ0n) is 4.67. The lowest BCUT2D eigenvalue weighted by Crippen LogP contribution is -1.80. The molecule has 0 spiro atoms. The lowest BCUT2D eigenvalue weighted by molar-refractivity contribution is 0.621. The van der Waals surface area contributed by atoms with Crippen LogP contribution < -0.4 is 0 Å².